The van der Waals surface area contributed by atoms with Crippen molar-refractivity contribution in [3.8, 4) is 0 Å². The van der Waals surface area contributed by atoms with Crippen molar-refractivity contribution in [1.82, 2.24) is 21.3 Å². The average molecular weight is 423 g/mol. The van der Waals surface area contributed by atoms with Crippen molar-refractivity contribution in [2.45, 2.75) is 31.2 Å². The quantitative estimate of drug-likeness (QED) is 0.137. The van der Waals surface area contributed by atoms with Crippen molar-refractivity contribution >= 4 is 42.2 Å². The third kappa shape index (κ3) is 8.98. The Morgan fingerprint density at radius 3 is 2.00 bits per heavy atom. The maximum atomic E-state index is 12.2. The summed E-state index contributed by atoms with van der Waals surface area (Å²) >= 11 is 3.91. The highest BCUT2D eigenvalue weighted by atomic mass is 32.1. The number of aliphatic hydroxyl groups excluding tert-OH is 2. The Balaban J connectivity index is 5.03. The van der Waals surface area contributed by atoms with Gasteiger partial charge in [0, 0.05) is 5.75 Å². The van der Waals surface area contributed by atoms with E-state index in [2.05, 4.69) is 28.6 Å². The number of nitrogens with one attached hydrogen (secondary N) is 4. The van der Waals surface area contributed by atoms with E-state index in [1.165, 1.54) is 6.92 Å². The lowest BCUT2D eigenvalue weighted by molar-refractivity contribution is -0.139. The maximum Gasteiger partial charge on any atom is 0.322 e. The van der Waals surface area contributed by atoms with E-state index in [-0.39, 0.29) is 12.3 Å². The van der Waals surface area contributed by atoms with Gasteiger partial charge in [0.15, 0.2) is 0 Å². The third-order valence-electron chi connectivity index (χ3n) is 3.31. The summed E-state index contributed by atoms with van der Waals surface area (Å²) in [6, 6.07) is -4.18. The minimum atomic E-state index is -1.53. The SMILES string of the molecule is C[C@@H](O)[C@H](NC(=O)[C@H](CO)NC(=O)[C@H](CS)NC(=O)CN)C(=O)NCC(=O)O. The van der Waals surface area contributed by atoms with Gasteiger partial charge in [-0.2, -0.15) is 12.6 Å². The normalized spacial score (nSPS) is 14.8. The number of nitrogens with two attached hydrogens (primary N) is 1. The van der Waals surface area contributed by atoms with Crippen LogP contribution in [0.4, 0.5) is 0 Å². The standard InChI is InChI=1S/C14H25N5O8S/c1-6(21)11(14(27)16-3-10(23)24)19-12(25)7(4-20)18-13(26)8(5-28)17-9(22)2-15/h6-8,11,20-21,28H,2-5,15H2,1H3,(H,16,27)(H,17,22)(H,18,26)(H,19,25)(H,23,24)/t6-,7+,8+,11+/m1/s1. The molecule has 0 aromatic carbocycles. The second-order valence-corrected chi connectivity index (χ2v) is 5.95. The summed E-state index contributed by atoms with van der Waals surface area (Å²) in [5.41, 5.74) is 5.13. The molecule has 4 atom stereocenters. The van der Waals surface area contributed by atoms with Gasteiger partial charge in [0.2, 0.25) is 23.6 Å². The lowest BCUT2D eigenvalue weighted by atomic mass is 10.1. The van der Waals surface area contributed by atoms with Crippen LogP contribution in [0, 0.1) is 0 Å². The fraction of sp³-hybridized carbons (Fsp3) is 0.643. The van der Waals surface area contributed by atoms with Gasteiger partial charge in [-0.15, -0.1) is 0 Å². The molecule has 4 amide bonds. The predicted molar refractivity (Wildman–Crippen MR) is 98.1 cm³/mol. The van der Waals surface area contributed by atoms with Gasteiger partial charge in [-0.25, -0.2) is 0 Å². The summed E-state index contributed by atoms with van der Waals surface area (Å²) in [7, 11) is 0. The zero-order valence-corrected chi connectivity index (χ0v) is 15.9. The van der Waals surface area contributed by atoms with Gasteiger partial charge >= 0.3 is 5.97 Å². The van der Waals surface area contributed by atoms with E-state index in [0.29, 0.717) is 0 Å². The smallest absolute Gasteiger partial charge is 0.322 e. The van der Waals surface area contributed by atoms with Crippen molar-refractivity contribution in [1.29, 1.82) is 0 Å². The van der Waals surface area contributed by atoms with Crippen molar-refractivity contribution < 1.29 is 39.3 Å². The van der Waals surface area contributed by atoms with Gasteiger partial charge in [0.25, 0.3) is 0 Å². The average Bonchev–Trinajstić information content (AvgIpc) is 2.65. The molecule has 0 aromatic heterocycles. The van der Waals surface area contributed by atoms with Crippen molar-refractivity contribution in [3.05, 3.63) is 0 Å². The molecular formula is C14H25N5O8S. The number of carboxylic acid groups (broad SMARTS) is 1. The van der Waals surface area contributed by atoms with E-state index in [9.17, 15) is 34.2 Å². The van der Waals surface area contributed by atoms with Gasteiger partial charge < -0.3 is 42.3 Å². The molecule has 0 radical (unpaired) electrons. The van der Waals surface area contributed by atoms with Crippen LogP contribution in [0.3, 0.4) is 0 Å². The predicted octanol–water partition coefficient (Wildman–Crippen LogP) is -5.10. The first-order chi connectivity index (χ1) is 13.1. The summed E-state index contributed by atoms with van der Waals surface area (Å²) < 4.78 is 0. The van der Waals surface area contributed by atoms with Crippen LogP contribution >= 0.6 is 12.6 Å². The van der Waals surface area contributed by atoms with Gasteiger partial charge in [-0.3, -0.25) is 24.0 Å². The largest absolute Gasteiger partial charge is 0.480 e. The number of carbonyl (C=O) groups is 5. The van der Waals surface area contributed by atoms with Crippen LogP contribution in [0.25, 0.3) is 0 Å². The molecule has 0 saturated carbocycles. The molecule has 0 heterocycles. The van der Waals surface area contributed by atoms with E-state index in [0.717, 1.165) is 0 Å². The number of carbonyl (C=O) groups excluding carboxylic acids is 4. The zero-order chi connectivity index (χ0) is 21.9. The number of aliphatic hydroxyl groups is 2. The second-order valence-electron chi connectivity index (χ2n) is 5.59. The summed E-state index contributed by atoms with van der Waals surface area (Å²) in [4.78, 5) is 58.0. The van der Waals surface area contributed by atoms with Gasteiger partial charge in [-0.1, -0.05) is 0 Å². The van der Waals surface area contributed by atoms with E-state index >= 15 is 0 Å². The Kier molecular flexibility index (Phi) is 11.8. The van der Waals surface area contributed by atoms with Crippen molar-refractivity contribution in [2.24, 2.45) is 5.73 Å². The summed E-state index contributed by atoms with van der Waals surface area (Å²) in [5.74, 6) is -4.92. The molecule has 0 saturated heterocycles. The van der Waals surface area contributed by atoms with Crippen LogP contribution in [0.2, 0.25) is 0 Å². The molecular weight excluding hydrogens is 398 g/mol. The van der Waals surface area contributed by atoms with Crippen LogP contribution in [0.1, 0.15) is 6.92 Å². The topological polar surface area (TPSA) is 220 Å². The molecule has 28 heavy (non-hydrogen) atoms. The molecule has 160 valence electrons. The summed E-state index contributed by atoms with van der Waals surface area (Å²) in [5, 5.41) is 36.1. The Morgan fingerprint density at radius 1 is 1.00 bits per heavy atom. The minimum Gasteiger partial charge on any atom is -0.480 e. The zero-order valence-electron chi connectivity index (χ0n) is 15.0. The molecule has 0 fully saturated rings. The monoisotopic (exact) mass is 423 g/mol. The third-order valence-corrected chi connectivity index (χ3v) is 3.68. The van der Waals surface area contributed by atoms with Crippen LogP contribution in [0.5, 0.6) is 0 Å². The molecule has 9 N–H and O–H groups in total. The van der Waals surface area contributed by atoms with E-state index in [4.69, 9.17) is 10.8 Å². The lowest BCUT2D eigenvalue weighted by Gasteiger charge is -2.25. The van der Waals surface area contributed by atoms with Gasteiger partial charge in [0.05, 0.1) is 19.3 Å². The minimum absolute atomic E-state index is 0.120. The Labute approximate surface area is 165 Å². The molecule has 0 unspecified atom stereocenters. The van der Waals surface area contributed by atoms with Gasteiger partial charge in [-0.05, 0) is 6.92 Å². The van der Waals surface area contributed by atoms with E-state index in [1.807, 2.05) is 5.32 Å². The molecule has 0 rings (SSSR count). The highest BCUT2D eigenvalue weighted by molar-refractivity contribution is 7.80. The molecule has 0 aliphatic rings. The number of hydrogen-bond donors (Lipinski definition) is 9. The van der Waals surface area contributed by atoms with Crippen molar-refractivity contribution in [3.63, 3.8) is 0 Å². The van der Waals surface area contributed by atoms with Gasteiger partial charge in [0.1, 0.15) is 24.7 Å². The molecule has 0 spiro atoms. The fourth-order valence-corrected chi connectivity index (χ4v) is 2.10. The number of thiol groups is 1. The highest BCUT2D eigenvalue weighted by Crippen LogP contribution is 1.97. The number of aliphatic carboxylic acids is 1. The highest BCUT2D eigenvalue weighted by Gasteiger charge is 2.31. The molecule has 14 heteroatoms. The second kappa shape index (κ2) is 12.9. The van der Waals surface area contributed by atoms with Crippen LogP contribution in [0.15, 0.2) is 0 Å². The Morgan fingerprint density at radius 2 is 1.57 bits per heavy atom. The molecule has 0 bridgehead atoms. The van der Waals surface area contributed by atoms with Crippen LogP contribution < -0.4 is 27.0 Å². The Bertz CT molecular complexity index is 588. The lowest BCUT2D eigenvalue weighted by Crippen LogP contribution is -2.60. The maximum absolute atomic E-state index is 12.2. The number of rotatable bonds is 12. The van der Waals surface area contributed by atoms with E-state index < -0.39 is 67.0 Å². The first-order valence-corrected chi connectivity index (χ1v) is 8.70. The molecule has 0 aliphatic heterocycles. The number of amides is 4. The first kappa shape index (κ1) is 25.6. The number of hydrogen-bond acceptors (Lipinski definition) is 9. The van der Waals surface area contributed by atoms with Crippen LogP contribution in [-0.2, 0) is 24.0 Å². The van der Waals surface area contributed by atoms with E-state index in [1.54, 1.807) is 0 Å². The summed E-state index contributed by atoms with van der Waals surface area (Å²) in [6.07, 6.45) is -1.40. The Hall–Kier alpha value is -2.42. The first-order valence-electron chi connectivity index (χ1n) is 8.06. The van der Waals surface area contributed by atoms with Crippen LogP contribution in [-0.4, -0.2) is 94.6 Å². The number of carboxylic acids is 1. The summed E-state index contributed by atoms with van der Waals surface area (Å²) in [6.45, 7) is -0.784. The molecule has 0 aliphatic carbocycles. The van der Waals surface area contributed by atoms with Crippen molar-refractivity contribution in [2.75, 3.05) is 25.4 Å². The molecule has 13 nitrogen and oxygen atoms in total. The fourth-order valence-electron chi connectivity index (χ4n) is 1.85. The molecule has 0 aromatic rings.